The van der Waals surface area contributed by atoms with Crippen molar-refractivity contribution in [2.24, 2.45) is 0 Å². The minimum absolute atomic E-state index is 0.194. The van der Waals surface area contributed by atoms with Gasteiger partial charge in [0.15, 0.2) is 0 Å². The number of nitrogens with one attached hydrogen (secondary N) is 1. The number of benzene rings is 1. The van der Waals surface area contributed by atoms with Gasteiger partial charge in [0.2, 0.25) is 0 Å². The molecule has 5 heteroatoms. The number of aromatic nitrogens is 1. The van der Waals surface area contributed by atoms with E-state index >= 15 is 0 Å². The van der Waals surface area contributed by atoms with Crippen LogP contribution in [-0.4, -0.2) is 24.2 Å². The van der Waals surface area contributed by atoms with E-state index in [4.69, 9.17) is 16.3 Å². The lowest BCUT2D eigenvalue weighted by Gasteiger charge is -2.03. The SMILES string of the molecule is CCNCc1cn(CC(=O)OC)c2cc(Cl)ccc12. The number of fused-ring (bicyclic) bond motifs is 1. The Morgan fingerprint density at radius 3 is 2.95 bits per heavy atom. The van der Waals surface area contributed by atoms with Gasteiger partial charge in [0.05, 0.1) is 12.6 Å². The Bertz CT molecular complexity index is 592. The average molecular weight is 281 g/mol. The number of carbonyl (C=O) groups excluding carboxylic acids is 1. The van der Waals surface area contributed by atoms with Crippen molar-refractivity contribution in [1.82, 2.24) is 9.88 Å². The minimum atomic E-state index is -0.271. The highest BCUT2D eigenvalue weighted by atomic mass is 35.5. The highest BCUT2D eigenvalue weighted by Gasteiger charge is 2.11. The van der Waals surface area contributed by atoms with Crippen LogP contribution < -0.4 is 5.32 Å². The molecule has 1 aromatic carbocycles. The van der Waals surface area contributed by atoms with E-state index in [1.807, 2.05) is 29.0 Å². The van der Waals surface area contributed by atoms with Crippen LogP contribution in [0.2, 0.25) is 5.02 Å². The van der Waals surface area contributed by atoms with E-state index in [1.165, 1.54) is 7.11 Å². The van der Waals surface area contributed by atoms with Crippen LogP contribution in [0.4, 0.5) is 0 Å². The first kappa shape index (κ1) is 13.9. The van der Waals surface area contributed by atoms with E-state index in [1.54, 1.807) is 0 Å². The summed E-state index contributed by atoms with van der Waals surface area (Å²) in [7, 11) is 1.39. The summed E-state index contributed by atoms with van der Waals surface area (Å²) in [5, 5.41) is 5.05. The zero-order valence-corrected chi connectivity index (χ0v) is 11.8. The smallest absolute Gasteiger partial charge is 0.325 e. The van der Waals surface area contributed by atoms with E-state index < -0.39 is 0 Å². The minimum Gasteiger partial charge on any atom is -0.468 e. The second-order valence-corrected chi connectivity index (χ2v) is 4.74. The molecular formula is C14H17ClN2O2. The Balaban J connectivity index is 2.43. The number of carbonyl (C=O) groups is 1. The second kappa shape index (κ2) is 6.08. The van der Waals surface area contributed by atoms with Crippen LogP contribution in [0.25, 0.3) is 10.9 Å². The molecule has 0 saturated heterocycles. The van der Waals surface area contributed by atoms with Crippen LogP contribution >= 0.6 is 11.6 Å². The van der Waals surface area contributed by atoms with Gasteiger partial charge >= 0.3 is 5.97 Å². The summed E-state index contributed by atoms with van der Waals surface area (Å²) in [5.41, 5.74) is 2.10. The summed E-state index contributed by atoms with van der Waals surface area (Å²) >= 11 is 6.03. The third-order valence-electron chi connectivity index (χ3n) is 3.02. The summed E-state index contributed by atoms with van der Waals surface area (Å²) in [6.07, 6.45) is 1.97. The van der Waals surface area contributed by atoms with Crippen molar-refractivity contribution in [2.45, 2.75) is 20.0 Å². The largest absolute Gasteiger partial charge is 0.468 e. The standard InChI is InChI=1S/C14H17ClN2O2/c1-3-16-7-10-8-17(9-14(18)19-2)13-6-11(15)4-5-12(10)13/h4-6,8,16H,3,7,9H2,1-2H3. The number of hydrogen-bond donors (Lipinski definition) is 1. The number of halogens is 1. The van der Waals surface area contributed by atoms with Gasteiger partial charge in [-0.05, 0) is 24.2 Å². The first-order chi connectivity index (χ1) is 9.15. The number of hydrogen-bond acceptors (Lipinski definition) is 3. The predicted molar refractivity (Wildman–Crippen MR) is 76.3 cm³/mol. The van der Waals surface area contributed by atoms with Gasteiger partial charge in [0.25, 0.3) is 0 Å². The fraction of sp³-hybridized carbons (Fsp3) is 0.357. The molecule has 0 aliphatic heterocycles. The molecule has 0 bridgehead atoms. The first-order valence-electron chi connectivity index (χ1n) is 6.20. The van der Waals surface area contributed by atoms with Gasteiger partial charge in [-0.3, -0.25) is 4.79 Å². The van der Waals surface area contributed by atoms with Crippen LogP contribution in [0, 0.1) is 0 Å². The number of ether oxygens (including phenoxy) is 1. The average Bonchev–Trinajstić information content (AvgIpc) is 2.73. The van der Waals surface area contributed by atoms with Gasteiger partial charge in [-0.25, -0.2) is 0 Å². The topological polar surface area (TPSA) is 43.3 Å². The quantitative estimate of drug-likeness (QED) is 0.856. The fourth-order valence-corrected chi connectivity index (χ4v) is 2.24. The fourth-order valence-electron chi connectivity index (χ4n) is 2.08. The summed E-state index contributed by atoms with van der Waals surface area (Å²) in [5.74, 6) is -0.271. The summed E-state index contributed by atoms with van der Waals surface area (Å²) < 4.78 is 6.59. The van der Waals surface area contributed by atoms with Gasteiger partial charge in [-0.1, -0.05) is 24.6 Å². The lowest BCUT2D eigenvalue weighted by Crippen LogP contribution is -2.12. The molecular weight excluding hydrogens is 264 g/mol. The van der Waals surface area contributed by atoms with Crippen molar-refractivity contribution in [1.29, 1.82) is 0 Å². The molecule has 0 atom stereocenters. The van der Waals surface area contributed by atoms with Crippen LogP contribution in [0.3, 0.4) is 0 Å². The second-order valence-electron chi connectivity index (χ2n) is 4.30. The van der Waals surface area contributed by atoms with E-state index in [2.05, 4.69) is 12.2 Å². The van der Waals surface area contributed by atoms with Crippen molar-refractivity contribution < 1.29 is 9.53 Å². The highest BCUT2D eigenvalue weighted by Crippen LogP contribution is 2.25. The van der Waals surface area contributed by atoms with Gasteiger partial charge < -0.3 is 14.6 Å². The van der Waals surface area contributed by atoms with Gasteiger partial charge in [0, 0.05) is 23.2 Å². The molecule has 4 nitrogen and oxygen atoms in total. The van der Waals surface area contributed by atoms with E-state index in [9.17, 15) is 4.79 Å². The Morgan fingerprint density at radius 1 is 1.47 bits per heavy atom. The Kier molecular flexibility index (Phi) is 4.45. The highest BCUT2D eigenvalue weighted by molar-refractivity contribution is 6.31. The molecule has 0 radical (unpaired) electrons. The number of nitrogens with zero attached hydrogens (tertiary/aromatic N) is 1. The maximum atomic E-state index is 11.4. The third kappa shape index (κ3) is 3.08. The zero-order valence-electron chi connectivity index (χ0n) is 11.1. The molecule has 1 N–H and O–H groups in total. The maximum Gasteiger partial charge on any atom is 0.325 e. The summed E-state index contributed by atoms with van der Waals surface area (Å²) in [6.45, 7) is 3.92. The van der Waals surface area contributed by atoms with Gasteiger partial charge in [-0.2, -0.15) is 0 Å². The first-order valence-corrected chi connectivity index (χ1v) is 6.58. The molecule has 0 unspecified atom stereocenters. The Hall–Kier alpha value is -1.52. The predicted octanol–water partition coefficient (Wildman–Crippen LogP) is 2.58. The monoisotopic (exact) mass is 280 g/mol. The summed E-state index contributed by atoms with van der Waals surface area (Å²) in [6, 6.07) is 5.72. The van der Waals surface area contributed by atoms with Gasteiger partial charge in [0.1, 0.15) is 6.54 Å². The van der Waals surface area contributed by atoms with Crippen molar-refractivity contribution in [3.8, 4) is 0 Å². The Labute approximate surface area is 117 Å². The molecule has 2 aromatic rings. The van der Waals surface area contributed by atoms with Crippen molar-refractivity contribution in [3.63, 3.8) is 0 Å². The number of methoxy groups -OCH3 is 1. The molecule has 0 saturated carbocycles. The molecule has 0 fully saturated rings. The van der Waals surface area contributed by atoms with Crippen LogP contribution in [0.5, 0.6) is 0 Å². The lowest BCUT2D eigenvalue weighted by atomic mass is 10.2. The summed E-state index contributed by atoms with van der Waals surface area (Å²) in [4.78, 5) is 11.4. The molecule has 1 aromatic heterocycles. The molecule has 102 valence electrons. The molecule has 2 rings (SSSR count). The molecule has 0 aliphatic carbocycles. The molecule has 0 spiro atoms. The van der Waals surface area contributed by atoms with Crippen LogP contribution in [-0.2, 0) is 22.6 Å². The zero-order chi connectivity index (χ0) is 13.8. The Morgan fingerprint density at radius 2 is 2.26 bits per heavy atom. The van der Waals surface area contributed by atoms with Crippen LogP contribution in [0.15, 0.2) is 24.4 Å². The third-order valence-corrected chi connectivity index (χ3v) is 3.25. The lowest BCUT2D eigenvalue weighted by molar-refractivity contribution is -0.141. The van der Waals surface area contributed by atoms with Crippen molar-refractivity contribution in [2.75, 3.05) is 13.7 Å². The van der Waals surface area contributed by atoms with E-state index in [0.29, 0.717) is 5.02 Å². The normalized spacial score (nSPS) is 10.9. The molecule has 19 heavy (non-hydrogen) atoms. The van der Waals surface area contributed by atoms with Crippen molar-refractivity contribution in [3.05, 3.63) is 35.0 Å². The van der Waals surface area contributed by atoms with Crippen molar-refractivity contribution >= 4 is 28.5 Å². The maximum absolute atomic E-state index is 11.4. The molecule has 0 amide bonds. The van der Waals surface area contributed by atoms with E-state index in [0.717, 1.165) is 29.6 Å². The number of rotatable bonds is 5. The molecule has 1 heterocycles. The molecule has 0 aliphatic rings. The van der Waals surface area contributed by atoms with Crippen LogP contribution in [0.1, 0.15) is 12.5 Å². The van der Waals surface area contributed by atoms with E-state index in [-0.39, 0.29) is 12.5 Å². The number of esters is 1. The van der Waals surface area contributed by atoms with Gasteiger partial charge in [-0.15, -0.1) is 0 Å².